The molecule has 1 aliphatic rings. The molecule has 134 valence electrons. The number of aromatic nitrogens is 1. The molecule has 9 heteroatoms. The minimum atomic E-state index is -3.64. The zero-order valence-corrected chi connectivity index (χ0v) is 16.4. The molecule has 0 unspecified atom stereocenters. The molecule has 1 saturated heterocycles. The Labute approximate surface area is 145 Å². The van der Waals surface area contributed by atoms with Crippen LogP contribution in [-0.4, -0.2) is 64.2 Å². The zero-order valence-electron chi connectivity index (χ0n) is 15.6. The van der Waals surface area contributed by atoms with E-state index in [1.807, 2.05) is 27.7 Å². The molecule has 7 nitrogen and oxygen atoms in total. The first-order valence-corrected chi connectivity index (χ1v) is 9.19. The van der Waals surface area contributed by atoms with Crippen molar-refractivity contribution in [1.29, 1.82) is 0 Å². The van der Waals surface area contributed by atoms with E-state index in [-0.39, 0.29) is 4.90 Å². The highest BCUT2D eigenvalue weighted by Gasteiger charge is 2.52. The van der Waals surface area contributed by atoms with Gasteiger partial charge in [-0.25, -0.2) is 17.7 Å². The molecule has 0 N–H and O–H groups in total. The van der Waals surface area contributed by atoms with Crippen molar-refractivity contribution >= 4 is 28.4 Å². The second kappa shape index (κ2) is 5.98. The van der Waals surface area contributed by atoms with Gasteiger partial charge in [0, 0.05) is 39.9 Å². The van der Waals surface area contributed by atoms with Crippen LogP contribution in [-0.2, 0) is 19.3 Å². The van der Waals surface area contributed by atoms with E-state index in [0.29, 0.717) is 11.3 Å². The van der Waals surface area contributed by atoms with Crippen molar-refractivity contribution < 1.29 is 17.7 Å². The van der Waals surface area contributed by atoms with Crippen molar-refractivity contribution in [1.82, 2.24) is 9.29 Å². The first-order valence-electron chi connectivity index (χ1n) is 7.75. The standard InChI is InChI=1S/C15H26BN3O4S/c1-14(2)15(3,4)23-16(22-14)11-9-12(24(20,21)19(7)8)13(17-10-11)18(5)6/h9-10H,1-8H3. The Bertz CT molecular complexity index is 716. The summed E-state index contributed by atoms with van der Waals surface area (Å²) in [6.45, 7) is 7.80. The van der Waals surface area contributed by atoms with Gasteiger partial charge in [0.05, 0.1) is 11.2 Å². The van der Waals surface area contributed by atoms with E-state index in [4.69, 9.17) is 9.31 Å². The summed E-state index contributed by atoms with van der Waals surface area (Å²) in [5.74, 6) is 0.379. The third kappa shape index (κ3) is 3.18. The van der Waals surface area contributed by atoms with Gasteiger partial charge in [-0.1, -0.05) is 0 Å². The summed E-state index contributed by atoms with van der Waals surface area (Å²) < 4.78 is 38.5. The molecule has 0 aromatic carbocycles. The molecular weight excluding hydrogens is 329 g/mol. The molecule has 1 aromatic rings. The number of nitrogens with zero attached hydrogens (tertiary/aromatic N) is 3. The molecule has 1 aromatic heterocycles. The Kier molecular flexibility index (Phi) is 4.78. The van der Waals surface area contributed by atoms with Crippen LogP contribution in [0.2, 0.25) is 0 Å². The lowest BCUT2D eigenvalue weighted by atomic mass is 9.80. The predicted octanol–water partition coefficient (Wildman–Crippen LogP) is 0.697. The van der Waals surface area contributed by atoms with Crippen LogP contribution in [0.15, 0.2) is 17.2 Å². The van der Waals surface area contributed by atoms with Crippen molar-refractivity contribution in [3.8, 4) is 0 Å². The van der Waals surface area contributed by atoms with Crippen molar-refractivity contribution in [3.63, 3.8) is 0 Å². The molecule has 1 fully saturated rings. The lowest BCUT2D eigenvalue weighted by Crippen LogP contribution is -2.41. The van der Waals surface area contributed by atoms with E-state index < -0.39 is 28.3 Å². The average molecular weight is 355 g/mol. The Morgan fingerprint density at radius 1 is 1.04 bits per heavy atom. The third-order valence-corrected chi connectivity index (χ3v) is 6.38. The van der Waals surface area contributed by atoms with Crippen LogP contribution in [0.25, 0.3) is 0 Å². The molecular formula is C15H26BN3O4S. The van der Waals surface area contributed by atoms with Gasteiger partial charge >= 0.3 is 7.12 Å². The van der Waals surface area contributed by atoms with Crippen molar-refractivity contribution in [3.05, 3.63) is 12.3 Å². The van der Waals surface area contributed by atoms with Crippen molar-refractivity contribution in [2.75, 3.05) is 33.1 Å². The minimum absolute atomic E-state index is 0.129. The maximum absolute atomic E-state index is 12.7. The normalized spacial score (nSPS) is 19.8. The SMILES string of the molecule is CN(C)c1ncc(B2OC(C)(C)C(C)(C)O2)cc1S(=O)(=O)N(C)C. The molecule has 0 spiro atoms. The summed E-state index contributed by atoms with van der Waals surface area (Å²) >= 11 is 0. The van der Waals surface area contributed by atoms with Crippen LogP contribution in [0.4, 0.5) is 5.82 Å². The fourth-order valence-corrected chi connectivity index (χ4v) is 3.43. The molecule has 2 heterocycles. The molecule has 0 saturated carbocycles. The molecule has 0 aliphatic carbocycles. The minimum Gasteiger partial charge on any atom is -0.399 e. The van der Waals surface area contributed by atoms with Gasteiger partial charge in [0.25, 0.3) is 0 Å². The van der Waals surface area contributed by atoms with Crippen LogP contribution in [0.5, 0.6) is 0 Å². The number of pyridine rings is 1. The van der Waals surface area contributed by atoms with Crippen LogP contribution in [0.1, 0.15) is 27.7 Å². The summed E-state index contributed by atoms with van der Waals surface area (Å²) in [6, 6.07) is 1.58. The van der Waals surface area contributed by atoms with E-state index in [9.17, 15) is 8.42 Å². The van der Waals surface area contributed by atoms with Gasteiger partial charge < -0.3 is 14.2 Å². The maximum atomic E-state index is 12.7. The van der Waals surface area contributed by atoms with Crippen LogP contribution in [0, 0.1) is 0 Å². The summed E-state index contributed by atoms with van der Waals surface area (Å²) in [5.41, 5.74) is -0.420. The van der Waals surface area contributed by atoms with Gasteiger partial charge in [-0.3, -0.25) is 0 Å². The molecule has 24 heavy (non-hydrogen) atoms. The first kappa shape index (κ1) is 19.2. The van der Waals surface area contributed by atoms with Crippen LogP contribution < -0.4 is 10.4 Å². The number of hydrogen-bond donors (Lipinski definition) is 0. The lowest BCUT2D eigenvalue weighted by Gasteiger charge is -2.32. The molecule has 0 bridgehead atoms. The predicted molar refractivity (Wildman–Crippen MR) is 95.2 cm³/mol. The van der Waals surface area contributed by atoms with E-state index in [2.05, 4.69) is 4.98 Å². The highest BCUT2D eigenvalue weighted by molar-refractivity contribution is 7.89. The van der Waals surface area contributed by atoms with Crippen LogP contribution in [0.3, 0.4) is 0 Å². The molecule has 2 rings (SSSR count). The van der Waals surface area contributed by atoms with Gasteiger partial charge in [-0.05, 0) is 33.8 Å². The second-order valence-electron chi connectivity index (χ2n) is 7.36. The summed E-state index contributed by atoms with van der Waals surface area (Å²) in [4.78, 5) is 6.13. The fourth-order valence-electron chi connectivity index (χ4n) is 2.28. The van der Waals surface area contributed by atoms with Gasteiger partial charge in [-0.15, -0.1) is 0 Å². The zero-order chi connectivity index (χ0) is 18.5. The van der Waals surface area contributed by atoms with Gasteiger partial charge in [0.15, 0.2) is 0 Å². The topological polar surface area (TPSA) is 72.0 Å². The van der Waals surface area contributed by atoms with Gasteiger partial charge in [0.2, 0.25) is 10.0 Å². The highest BCUT2D eigenvalue weighted by Crippen LogP contribution is 2.36. The Balaban J connectivity index is 2.53. The smallest absolute Gasteiger partial charge is 0.399 e. The number of sulfonamides is 1. The number of rotatable bonds is 4. The first-order chi connectivity index (χ1) is 10.8. The van der Waals surface area contributed by atoms with Crippen LogP contribution >= 0.6 is 0 Å². The van der Waals surface area contributed by atoms with E-state index in [0.717, 1.165) is 0 Å². The molecule has 0 amide bonds. The lowest BCUT2D eigenvalue weighted by molar-refractivity contribution is 0.00578. The molecule has 0 atom stereocenters. The number of anilines is 1. The molecule has 0 radical (unpaired) electrons. The van der Waals surface area contributed by atoms with E-state index >= 15 is 0 Å². The quantitative estimate of drug-likeness (QED) is 0.741. The van der Waals surface area contributed by atoms with Crippen molar-refractivity contribution in [2.45, 2.75) is 43.8 Å². The van der Waals surface area contributed by atoms with E-state index in [1.165, 1.54) is 18.4 Å². The Morgan fingerprint density at radius 3 is 1.96 bits per heavy atom. The number of hydrogen-bond acceptors (Lipinski definition) is 6. The summed E-state index contributed by atoms with van der Waals surface area (Å²) in [7, 11) is 2.20. The van der Waals surface area contributed by atoms with E-state index in [1.54, 1.807) is 31.3 Å². The second-order valence-corrected chi connectivity index (χ2v) is 9.48. The van der Waals surface area contributed by atoms with Gasteiger partial charge in [-0.2, -0.15) is 0 Å². The Morgan fingerprint density at radius 2 is 1.54 bits per heavy atom. The Hall–Kier alpha value is -1.16. The van der Waals surface area contributed by atoms with Crippen molar-refractivity contribution in [2.24, 2.45) is 0 Å². The maximum Gasteiger partial charge on any atom is 0.496 e. The summed E-state index contributed by atoms with van der Waals surface area (Å²) in [6.07, 6.45) is 1.60. The largest absolute Gasteiger partial charge is 0.496 e. The van der Waals surface area contributed by atoms with Gasteiger partial charge in [0.1, 0.15) is 10.7 Å². The third-order valence-electron chi connectivity index (χ3n) is 4.56. The highest BCUT2D eigenvalue weighted by atomic mass is 32.2. The fraction of sp³-hybridized carbons (Fsp3) is 0.667. The monoisotopic (exact) mass is 355 g/mol. The molecule has 1 aliphatic heterocycles. The average Bonchev–Trinajstić information content (AvgIpc) is 2.66. The summed E-state index contributed by atoms with van der Waals surface area (Å²) in [5, 5.41) is 0.